The zero-order valence-corrected chi connectivity index (χ0v) is 21.6. The number of hydrogen-bond donors (Lipinski definition) is 2. The predicted octanol–water partition coefficient (Wildman–Crippen LogP) is 2.25. The Morgan fingerprint density at radius 1 is 1.17 bits per heavy atom. The summed E-state index contributed by atoms with van der Waals surface area (Å²) in [6.07, 6.45) is 2.77. The number of amides is 3. The van der Waals surface area contributed by atoms with Crippen LogP contribution in [0.3, 0.4) is 0 Å². The van der Waals surface area contributed by atoms with Gasteiger partial charge >= 0.3 is 6.09 Å². The van der Waals surface area contributed by atoms with E-state index in [0.717, 1.165) is 9.87 Å². The number of nitrogens with one attached hydrogen (secondary N) is 2. The van der Waals surface area contributed by atoms with Gasteiger partial charge in [-0.05, 0) is 59.6 Å². The fraction of sp³-hybridized carbons (Fsp3) is 0.542. The van der Waals surface area contributed by atoms with E-state index in [-0.39, 0.29) is 11.3 Å². The number of hydrogen-bond acceptors (Lipinski definition) is 6. The molecule has 1 aromatic carbocycles. The maximum atomic E-state index is 13.2. The maximum absolute atomic E-state index is 13.2. The van der Waals surface area contributed by atoms with Gasteiger partial charge in [-0.2, -0.15) is 0 Å². The molecule has 1 aromatic rings. The van der Waals surface area contributed by atoms with E-state index in [1.807, 2.05) is 13.8 Å². The lowest BCUT2D eigenvalue weighted by Crippen LogP contribution is -2.57. The molecule has 2 N–H and O–H groups in total. The number of likely N-dealkylation sites (tertiary alicyclic amines) is 1. The molecule has 35 heavy (non-hydrogen) atoms. The second-order valence-corrected chi connectivity index (χ2v) is 12.1. The minimum absolute atomic E-state index is 0.0364. The number of nitrogens with zero attached hydrogens (tertiary/aromatic N) is 2. The lowest BCUT2D eigenvalue weighted by Gasteiger charge is -2.40. The maximum Gasteiger partial charge on any atom is 0.410 e. The molecular formula is C24H34N4O6S. The predicted molar refractivity (Wildman–Crippen MR) is 129 cm³/mol. The van der Waals surface area contributed by atoms with Gasteiger partial charge in [-0.1, -0.05) is 17.7 Å². The van der Waals surface area contributed by atoms with Gasteiger partial charge in [-0.3, -0.25) is 13.9 Å². The van der Waals surface area contributed by atoms with Crippen molar-refractivity contribution in [3.8, 4) is 0 Å². The summed E-state index contributed by atoms with van der Waals surface area (Å²) in [5.41, 5.74) is -0.291. The summed E-state index contributed by atoms with van der Waals surface area (Å²) in [6.45, 7) is 9.95. The van der Waals surface area contributed by atoms with E-state index in [9.17, 15) is 22.8 Å². The first-order valence-electron chi connectivity index (χ1n) is 11.6. The third kappa shape index (κ3) is 6.53. The number of benzene rings is 1. The van der Waals surface area contributed by atoms with Crippen LogP contribution in [0.15, 0.2) is 41.6 Å². The van der Waals surface area contributed by atoms with E-state index in [0.29, 0.717) is 25.9 Å². The summed E-state index contributed by atoms with van der Waals surface area (Å²) in [5, 5.41) is 5.43. The fourth-order valence-electron chi connectivity index (χ4n) is 3.97. The summed E-state index contributed by atoms with van der Waals surface area (Å²) in [4.78, 5) is 39.5. The Labute approximate surface area is 206 Å². The average Bonchev–Trinajstić information content (AvgIpc) is 2.74. The number of sulfonamides is 1. The summed E-state index contributed by atoms with van der Waals surface area (Å²) in [5.74, 6) is -1.03. The molecule has 1 saturated heterocycles. The summed E-state index contributed by atoms with van der Waals surface area (Å²) >= 11 is 0. The van der Waals surface area contributed by atoms with E-state index in [4.69, 9.17) is 4.74 Å². The van der Waals surface area contributed by atoms with Crippen molar-refractivity contribution in [2.45, 2.75) is 76.0 Å². The summed E-state index contributed by atoms with van der Waals surface area (Å²) in [7, 11) is -4.04. The molecular weight excluding hydrogens is 472 g/mol. The minimum atomic E-state index is -4.04. The highest BCUT2D eigenvalue weighted by molar-refractivity contribution is 7.89. The smallest absolute Gasteiger partial charge is 0.410 e. The molecule has 0 aromatic heterocycles. The van der Waals surface area contributed by atoms with E-state index in [2.05, 4.69) is 10.6 Å². The topological polar surface area (TPSA) is 125 Å². The van der Waals surface area contributed by atoms with Gasteiger partial charge in [0.15, 0.2) is 0 Å². The van der Waals surface area contributed by atoms with E-state index in [1.165, 1.54) is 24.5 Å². The number of rotatable bonds is 5. The molecule has 2 heterocycles. The molecule has 2 aliphatic rings. The van der Waals surface area contributed by atoms with Gasteiger partial charge in [0.05, 0.1) is 11.3 Å². The van der Waals surface area contributed by atoms with Crippen molar-refractivity contribution in [3.05, 3.63) is 42.2 Å². The van der Waals surface area contributed by atoms with Gasteiger partial charge in [0.1, 0.15) is 11.6 Å². The molecule has 1 atom stereocenters. The molecule has 3 rings (SSSR count). The van der Waals surface area contributed by atoms with Gasteiger partial charge in [-0.25, -0.2) is 13.2 Å². The summed E-state index contributed by atoms with van der Waals surface area (Å²) in [6, 6.07) is 5.07. The zero-order valence-electron chi connectivity index (χ0n) is 20.8. The van der Waals surface area contributed by atoms with E-state index in [1.54, 1.807) is 37.8 Å². The third-order valence-electron chi connectivity index (χ3n) is 5.99. The van der Waals surface area contributed by atoms with Crippen molar-refractivity contribution in [1.29, 1.82) is 0 Å². The Balaban J connectivity index is 1.66. The Bertz CT molecular complexity index is 1100. The highest BCUT2D eigenvalue weighted by atomic mass is 32.2. The van der Waals surface area contributed by atoms with Gasteiger partial charge in [0.2, 0.25) is 11.8 Å². The highest BCUT2D eigenvalue weighted by Crippen LogP contribution is 2.26. The van der Waals surface area contributed by atoms with Crippen molar-refractivity contribution < 1.29 is 27.5 Å². The molecule has 0 aliphatic carbocycles. The van der Waals surface area contributed by atoms with E-state index < -0.39 is 45.1 Å². The van der Waals surface area contributed by atoms with Crippen LogP contribution in [0.5, 0.6) is 0 Å². The van der Waals surface area contributed by atoms with Crippen LogP contribution < -0.4 is 10.6 Å². The van der Waals surface area contributed by atoms with E-state index >= 15 is 0 Å². The Kier molecular flexibility index (Phi) is 7.49. The van der Waals surface area contributed by atoms with Gasteiger partial charge < -0.3 is 20.3 Å². The molecule has 0 unspecified atom stereocenters. The van der Waals surface area contributed by atoms with Gasteiger partial charge in [-0.15, -0.1) is 0 Å². The zero-order chi connectivity index (χ0) is 26.0. The SMILES string of the molecule is Cc1ccc(S(=O)(=O)N2C=CNC(=O)[C@H]2CC(=O)NC2(C)CCN(C(=O)OC(C)(C)C)CC2)cc1. The lowest BCUT2D eigenvalue weighted by molar-refractivity contribution is -0.130. The first kappa shape index (κ1) is 26.5. The molecule has 0 radical (unpaired) electrons. The lowest BCUT2D eigenvalue weighted by atomic mass is 9.89. The first-order valence-corrected chi connectivity index (χ1v) is 13.0. The van der Waals surface area contributed by atoms with Crippen molar-refractivity contribution >= 4 is 27.9 Å². The van der Waals surface area contributed by atoms with Crippen LogP contribution in [0.2, 0.25) is 0 Å². The number of carbonyl (C=O) groups is 3. The van der Waals surface area contributed by atoms with Crippen LogP contribution in [0.4, 0.5) is 4.79 Å². The molecule has 2 aliphatic heterocycles. The average molecular weight is 507 g/mol. The van der Waals surface area contributed by atoms with Crippen LogP contribution >= 0.6 is 0 Å². The molecule has 3 amide bonds. The normalized spacial score (nSPS) is 20.3. The van der Waals surface area contributed by atoms with Crippen LogP contribution in [0, 0.1) is 6.92 Å². The molecule has 10 nitrogen and oxygen atoms in total. The Morgan fingerprint density at radius 2 is 1.77 bits per heavy atom. The largest absolute Gasteiger partial charge is 0.444 e. The molecule has 192 valence electrons. The molecule has 0 saturated carbocycles. The van der Waals surface area contributed by atoms with Gasteiger partial charge in [0, 0.05) is 31.0 Å². The van der Waals surface area contributed by atoms with Crippen LogP contribution in [0.25, 0.3) is 0 Å². The van der Waals surface area contributed by atoms with Crippen LogP contribution in [-0.2, 0) is 24.3 Å². The number of piperidine rings is 1. The molecule has 11 heteroatoms. The number of carbonyl (C=O) groups excluding carboxylic acids is 3. The standard InChI is InChI=1S/C24H34N4O6S/c1-17-6-8-18(9-7-17)35(32,33)28-15-12-25-21(30)19(28)16-20(29)26-24(5)10-13-27(14-11-24)22(31)34-23(2,3)4/h6-9,12,15,19H,10-11,13-14,16H2,1-5H3,(H,25,30)(H,26,29)/t19-/m1/s1. The molecule has 0 bridgehead atoms. The quantitative estimate of drug-likeness (QED) is 0.631. The molecule has 1 fully saturated rings. The number of aryl methyl sites for hydroxylation is 1. The second-order valence-electron chi connectivity index (χ2n) is 10.3. The Hall–Kier alpha value is -3.08. The second kappa shape index (κ2) is 9.88. The van der Waals surface area contributed by atoms with Crippen molar-refractivity contribution in [2.75, 3.05) is 13.1 Å². The van der Waals surface area contributed by atoms with Crippen molar-refractivity contribution in [1.82, 2.24) is 19.8 Å². The molecule has 0 spiro atoms. The van der Waals surface area contributed by atoms with Gasteiger partial charge in [0.25, 0.3) is 10.0 Å². The first-order chi connectivity index (χ1) is 16.2. The van der Waals surface area contributed by atoms with Crippen molar-refractivity contribution in [3.63, 3.8) is 0 Å². The number of ether oxygens (including phenoxy) is 1. The summed E-state index contributed by atoms with van der Waals surface area (Å²) < 4.78 is 32.7. The van der Waals surface area contributed by atoms with Crippen LogP contribution in [-0.4, -0.2) is 65.8 Å². The van der Waals surface area contributed by atoms with Crippen molar-refractivity contribution in [2.24, 2.45) is 0 Å². The fourth-order valence-corrected chi connectivity index (χ4v) is 5.42. The highest BCUT2D eigenvalue weighted by Gasteiger charge is 2.39. The van der Waals surface area contributed by atoms with Crippen LogP contribution in [0.1, 0.15) is 52.5 Å². The minimum Gasteiger partial charge on any atom is -0.444 e. The third-order valence-corrected chi connectivity index (χ3v) is 7.79. The monoisotopic (exact) mass is 506 g/mol. The Morgan fingerprint density at radius 3 is 2.34 bits per heavy atom.